The van der Waals surface area contributed by atoms with E-state index in [4.69, 9.17) is 16.3 Å². The van der Waals surface area contributed by atoms with Gasteiger partial charge in [-0.25, -0.2) is 14.2 Å². The van der Waals surface area contributed by atoms with E-state index in [2.05, 4.69) is 20.3 Å². The fourth-order valence-electron chi connectivity index (χ4n) is 2.63. The van der Waals surface area contributed by atoms with Crippen molar-refractivity contribution in [2.24, 2.45) is 7.05 Å². The topological polar surface area (TPSA) is 85.2 Å². The van der Waals surface area contributed by atoms with Crippen molar-refractivity contribution < 1.29 is 13.9 Å². The molecule has 3 heterocycles. The third-order valence-corrected chi connectivity index (χ3v) is 3.92. The molecule has 1 amide bonds. The number of likely N-dealkylation sites (tertiary alicyclic amines) is 1. The Bertz CT molecular complexity index is 805. The lowest BCUT2D eigenvalue weighted by molar-refractivity contribution is 0.0283. The Morgan fingerprint density at radius 2 is 2.12 bits per heavy atom. The number of hydrogen-bond donors (Lipinski definition) is 1. The third-order valence-electron chi connectivity index (χ3n) is 3.75. The number of halogens is 2. The third kappa shape index (κ3) is 3.76. The highest BCUT2D eigenvalue weighted by atomic mass is 35.5. The summed E-state index contributed by atoms with van der Waals surface area (Å²) in [5.74, 6) is 0.342. The van der Waals surface area contributed by atoms with Crippen LogP contribution in [-0.4, -0.2) is 61.4 Å². The molecule has 2 aromatic heterocycles. The van der Waals surface area contributed by atoms with Crippen LogP contribution in [-0.2, 0) is 11.8 Å². The number of fused-ring (bicyclic) bond motifs is 1. The summed E-state index contributed by atoms with van der Waals surface area (Å²) in [4.78, 5) is 25.9. The van der Waals surface area contributed by atoms with Gasteiger partial charge >= 0.3 is 6.09 Å². The van der Waals surface area contributed by atoms with Gasteiger partial charge in [0.05, 0.1) is 18.9 Å². The van der Waals surface area contributed by atoms with Crippen molar-refractivity contribution in [3.8, 4) is 0 Å². The molecule has 0 spiro atoms. The average molecular weight is 371 g/mol. The molecule has 1 saturated heterocycles. The van der Waals surface area contributed by atoms with E-state index in [0.717, 1.165) is 0 Å². The smallest absolute Gasteiger partial charge is 0.410 e. The number of anilines is 1. The van der Waals surface area contributed by atoms with Gasteiger partial charge in [-0.1, -0.05) is 0 Å². The van der Waals surface area contributed by atoms with E-state index >= 15 is 0 Å². The van der Waals surface area contributed by atoms with Gasteiger partial charge in [-0.2, -0.15) is 9.97 Å². The molecular formula is C15H20ClFN6O2. The van der Waals surface area contributed by atoms with Crippen molar-refractivity contribution in [1.82, 2.24) is 24.4 Å². The maximum atomic E-state index is 14.4. The first kappa shape index (κ1) is 17.7. The van der Waals surface area contributed by atoms with Gasteiger partial charge in [0.1, 0.15) is 11.8 Å². The van der Waals surface area contributed by atoms with Crippen LogP contribution >= 0.6 is 11.6 Å². The van der Waals surface area contributed by atoms with Gasteiger partial charge in [0.2, 0.25) is 5.28 Å². The van der Waals surface area contributed by atoms with Crippen LogP contribution < -0.4 is 5.32 Å². The van der Waals surface area contributed by atoms with Crippen LogP contribution in [0.1, 0.15) is 20.8 Å². The number of carbonyl (C=O) groups is 1. The molecule has 1 fully saturated rings. The normalized spacial score (nSPS) is 21.0. The van der Waals surface area contributed by atoms with Crippen LogP contribution in [0, 0.1) is 0 Å². The molecule has 2 aromatic rings. The molecule has 0 radical (unpaired) electrons. The van der Waals surface area contributed by atoms with Gasteiger partial charge < -0.3 is 19.5 Å². The minimum atomic E-state index is -1.26. The van der Waals surface area contributed by atoms with Crippen LogP contribution in [0.2, 0.25) is 5.28 Å². The van der Waals surface area contributed by atoms with Gasteiger partial charge in [-0.3, -0.25) is 0 Å². The molecule has 2 atom stereocenters. The van der Waals surface area contributed by atoms with E-state index in [1.54, 1.807) is 38.7 Å². The summed E-state index contributed by atoms with van der Waals surface area (Å²) in [7, 11) is 1.78. The SMILES string of the molecule is Cn1cnc2c(NC3CN(C(=O)OC(C)(C)C)CC3F)nc(Cl)nc21. The number of nitrogens with zero attached hydrogens (tertiary/aromatic N) is 5. The number of aryl methyl sites for hydroxylation is 1. The second kappa shape index (κ2) is 6.29. The van der Waals surface area contributed by atoms with Gasteiger partial charge in [0.15, 0.2) is 17.0 Å². The molecule has 1 N–H and O–H groups in total. The number of alkyl halides is 1. The lowest BCUT2D eigenvalue weighted by Gasteiger charge is -2.24. The highest BCUT2D eigenvalue weighted by Gasteiger charge is 2.38. The number of nitrogens with one attached hydrogen (secondary N) is 1. The maximum Gasteiger partial charge on any atom is 0.410 e. The second-order valence-electron chi connectivity index (χ2n) is 7.02. The Morgan fingerprint density at radius 3 is 2.80 bits per heavy atom. The highest BCUT2D eigenvalue weighted by molar-refractivity contribution is 6.28. The first-order valence-electron chi connectivity index (χ1n) is 7.87. The van der Waals surface area contributed by atoms with Crippen molar-refractivity contribution in [2.75, 3.05) is 18.4 Å². The minimum absolute atomic E-state index is 0.0380. The van der Waals surface area contributed by atoms with Crippen LogP contribution in [0.5, 0.6) is 0 Å². The second-order valence-corrected chi connectivity index (χ2v) is 7.36. The lowest BCUT2D eigenvalue weighted by Crippen LogP contribution is -2.36. The standard InChI is InChI=1S/C15H20ClFN6O2/c1-15(2,3)25-14(24)23-5-8(17)9(6-23)19-11-10-12(21-13(16)20-11)22(4)7-18-10/h7-9H,5-6H2,1-4H3,(H,19,20,21). The van der Waals surface area contributed by atoms with Gasteiger partial charge in [0, 0.05) is 13.6 Å². The number of ether oxygens (including phenoxy) is 1. The lowest BCUT2D eigenvalue weighted by atomic mass is 10.2. The number of hydrogen-bond acceptors (Lipinski definition) is 6. The minimum Gasteiger partial charge on any atom is -0.444 e. The summed E-state index contributed by atoms with van der Waals surface area (Å²) >= 11 is 5.94. The Kier molecular flexibility index (Phi) is 4.44. The summed E-state index contributed by atoms with van der Waals surface area (Å²) < 4.78 is 21.4. The number of amides is 1. The van der Waals surface area contributed by atoms with Crippen molar-refractivity contribution in [3.63, 3.8) is 0 Å². The molecule has 0 aliphatic carbocycles. The summed E-state index contributed by atoms with van der Waals surface area (Å²) in [5, 5.41) is 3.04. The summed E-state index contributed by atoms with van der Waals surface area (Å²) in [6.45, 7) is 5.42. The van der Waals surface area contributed by atoms with E-state index in [1.807, 2.05) is 0 Å². The van der Waals surface area contributed by atoms with Crippen molar-refractivity contribution in [3.05, 3.63) is 11.6 Å². The Hall–Kier alpha value is -2.16. The zero-order valence-electron chi connectivity index (χ0n) is 14.5. The molecule has 0 saturated carbocycles. The molecule has 3 rings (SSSR count). The van der Waals surface area contributed by atoms with Crippen LogP contribution in [0.4, 0.5) is 15.0 Å². The summed E-state index contributed by atoms with van der Waals surface area (Å²) in [6.07, 6.45) is -0.224. The monoisotopic (exact) mass is 370 g/mol. The molecule has 8 nitrogen and oxygen atoms in total. The van der Waals surface area contributed by atoms with Crippen LogP contribution in [0.25, 0.3) is 11.2 Å². The molecule has 1 aliphatic rings. The largest absolute Gasteiger partial charge is 0.444 e. The van der Waals surface area contributed by atoms with E-state index in [1.165, 1.54) is 4.90 Å². The zero-order chi connectivity index (χ0) is 18.4. The molecule has 25 heavy (non-hydrogen) atoms. The molecular weight excluding hydrogens is 351 g/mol. The van der Waals surface area contributed by atoms with E-state index < -0.39 is 23.9 Å². The van der Waals surface area contributed by atoms with E-state index in [9.17, 15) is 9.18 Å². The Balaban J connectivity index is 1.77. The van der Waals surface area contributed by atoms with Crippen molar-refractivity contribution in [2.45, 2.75) is 38.6 Å². The van der Waals surface area contributed by atoms with Gasteiger partial charge in [-0.05, 0) is 32.4 Å². The maximum absolute atomic E-state index is 14.4. The molecule has 2 unspecified atom stereocenters. The quantitative estimate of drug-likeness (QED) is 0.817. The molecule has 1 aliphatic heterocycles. The fourth-order valence-corrected chi connectivity index (χ4v) is 2.80. The van der Waals surface area contributed by atoms with Gasteiger partial charge in [-0.15, -0.1) is 0 Å². The van der Waals surface area contributed by atoms with Crippen LogP contribution in [0.3, 0.4) is 0 Å². The molecule has 0 bridgehead atoms. The Labute approximate surface area is 149 Å². The highest BCUT2D eigenvalue weighted by Crippen LogP contribution is 2.25. The molecule has 10 heteroatoms. The van der Waals surface area contributed by atoms with E-state index in [-0.39, 0.29) is 18.4 Å². The number of carbonyl (C=O) groups excluding carboxylic acids is 1. The van der Waals surface area contributed by atoms with E-state index in [0.29, 0.717) is 17.0 Å². The van der Waals surface area contributed by atoms with Crippen LogP contribution in [0.15, 0.2) is 6.33 Å². The average Bonchev–Trinajstić information content (AvgIpc) is 3.02. The molecule has 0 aromatic carbocycles. The number of aromatic nitrogens is 4. The fraction of sp³-hybridized carbons (Fsp3) is 0.600. The summed E-state index contributed by atoms with van der Waals surface area (Å²) in [6, 6.07) is -0.635. The van der Waals surface area contributed by atoms with Gasteiger partial charge in [0.25, 0.3) is 0 Å². The van der Waals surface area contributed by atoms with Crippen molar-refractivity contribution >= 4 is 34.7 Å². The first-order valence-corrected chi connectivity index (χ1v) is 8.25. The molecule has 136 valence electrons. The predicted octanol–water partition coefficient (Wildman–Crippen LogP) is 2.39. The number of imidazole rings is 1. The Morgan fingerprint density at radius 1 is 1.40 bits per heavy atom. The summed E-state index contributed by atoms with van der Waals surface area (Å²) in [5.41, 5.74) is 0.407. The number of rotatable bonds is 2. The zero-order valence-corrected chi connectivity index (χ0v) is 15.2. The predicted molar refractivity (Wildman–Crippen MR) is 91.4 cm³/mol. The first-order chi connectivity index (χ1) is 11.6. The van der Waals surface area contributed by atoms with Crippen molar-refractivity contribution in [1.29, 1.82) is 0 Å².